The third kappa shape index (κ3) is 2.67. The Morgan fingerprint density at radius 2 is 1.85 bits per heavy atom. The van der Waals surface area contributed by atoms with Crippen molar-refractivity contribution >= 4 is 22.2 Å². The summed E-state index contributed by atoms with van der Waals surface area (Å²) in [4.78, 5) is 4.45. The van der Waals surface area contributed by atoms with E-state index in [9.17, 15) is 13.2 Å². The van der Waals surface area contributed by atoms with E-state index < -0.39 is 11.1 Å². The molecule has 0 radical (unpaired) electrons. The zero-order valence-electron chi connectivity index (χ0n) is 10.3. The highest BCUT2D eigenvalue weighted by Crippen LogP contribution is 2.35. The summed E-state index contributed by atoms with van der Waals surface area (Å²) in [5.74, 6) is 0. The number of fused-ring (bicyclic) bond motifs is 1. The molecule has 2 aromatic heterocycles. The van der Waals surface area contributed by atoms with Crippen molar-refractivity contribution in [1.29, 1.82) is 0 Å². The molecular formula is C15H10F3NS. The van der Waals surface area contributed by atoms with Crippen molar-refractivity contribution in [3.8, 4) is 0 Å². The zero-order chi connectivity index (χ0) is 14.2. The van der Waals surface area contributed by atoms with Crippen molar-refractivity contribution in [2.24, 2.45) is 0 Å². The second kappa shape index (κ2) is 4.90. The molecule has 0 saturated heterocycles. The van der Waals surface area contributed by atoms with Gasteiger partial charge >= 0.3 is 6.18 Å². The number of thiophene rings is 1. The molecule has 3 aromatic rings. The maximum Gasteiger partial charge on any atom is 0.425 e. The molecule has 0 atom stereocenters. The summed E-state index contributed by atoms with van der Waals surface area (Å²) in [5, 5.41) is 0.998. The van der Waals surface area contributed by atoms with Crippen molar-refractivity contribution in [3.63, 3.8) is 0 Å². The van der Waals surface area contributed by atoms with Crippen LogP contribution in [-0.2, 0) is 12.6 Å². The molecule has 0 N–H and O–H groups in total. The smallest absolute Gasteiger partial charge is 0.256 e. The van der Waals surface area contributed by atoms with Gasteiger partial charge in [0, 0.05) is 22.9 Å². The molecule has 0 bridgehead atoms. The molecule has 0 spiro atoms. The minimum absolute atomic E-state index is 0.471. The van der Waals surface area contributed by atoms with Crippen LogP contribution in [0.2, 0.25) is 0 Å². The molecule has 0 fully saturated rings. The minimum atomic E-state index is -4.26. The first-order valence-corrected chi connectivity index (χ1v) is 6.83. The number of rotatable bonds is 2. The fraction of sp³-hybridized carbons (Fsp3) is 0.133. The van der Waals surface area contributed by atoms with Gasteiger partial charge < -0.3 is 0 Å². The van der Waals surface area contributed by atoms with Gasteiger partial charge in [0.15, 0.2) is 0 Å². The number of halogens is 3. The largest absolute Gasteiger partial charge is 0.425 e. The number of pyridine rings is 1. The third-order valence-corrected chi connectivity index (χ3v) is 4.10. The van der Waals surface area contributed by atoms with Gasteiger partial charge in [-0.15, -0.1) is 11.3 Å². The van der Waals surface area contributed by atoms with Crippen LogP contribution in [0.3, 0.4) is 0 Å². The first-order chi connectivity index (χ1) is 9.52. The molecule has 1 aromatic carbocycles. The van der Waals surface area contributed by atoms with Crippen molar-refractivity contribution < 1.29 is 13.2 Å². The molecule has 0 amide bonds. The number of aromatic nitrogens is 1. The Bertz CT molecular complexity index is 746. The Labute approximate surface area is 117 Å². The van der Waals surface area contributed by atoms with E-state index >= 15 is 0 Å². The standard InChI is InChI=1S/C15H10F3NS/c16-15(17,18)14-6-5-12(20-14)8-10-7-11-3-1-2-4-13(11)19-9-10/h1-7,9H,8H2. The van der Waals surface area contributed by atoms with Gasteiger partial charge in [-0.3, -0.25) is 4.98 Å². The van der Waals surface area contributed by atoms with Gasteiger partial charge in [-0.25, -0.2) is 0 Å². The fourth-order valence-corrected chi connectivity index (χ4v) is 2.95. The van der Waals surface area contributed by atoms with Crippen LogP contribution in [0.25, 0.3) is 10.9 Å². The highest BCUT2D eigenvalue weighted by molar-refractivity contribution is 7.12. The Morgan fingerprint density at radius 1 is 1.05 bits per heavy atom. The quantitative estimate of drug-likeness (QED) is 0.654. The topological polar surface area (TPSA) is 12.9 Å². The van der Waals surface area contributed by atoms with E-state index in [1.165, 1.54) is 6.07 Å². The van der Waals surface area contributed by atoms with E-state index in [1.54, 1.807) is 6.20 Å². The summed E-state index contributed by atoms with van der Waals surface area (Å²) in [6.07, 6.45) is -2.07. The second-order valence-corrected chi connectivity index (χ2v) is 5.65. The van der Waals surface area contributed by atoms with Gasteiger partial charge in [-0.1, -0.05) is 18.2 Å². The van der Waals surface area contributed by atoms with Crippen molar-refractivity contribution in [3.05, 3.63) is 64.0 Å². The van der Waals surface area contributed by atoms with E-state index in [0.717, 1.165) is 33.9 Å². The summed E-state index contributed by atoms with van der Waals surface area (Å²) in [6, 6.07) is 12.3. The SMILES string of the molecule is FC(F)(F)c1ccc(Cc2cnc3ccccc3c2)s1. The first-order valence-electron chi connectivity index (χ1n) is 6.02. The van der Waals surface area contributed by atoms with Crippen LogP contribution >= 0.6 is 11.3 Å². The lowest BCUT2D eigenvalue weighted by Crippen LogP contribution is -2.00. The average molecular weight is 293 g/mol. The number of alkyl halides is 3. The Balaban J connectivity index is 1.87. The molecule has 102 valence electrons. The molecule has 0 aliphatic heterocycles. The van der Waals surface area contributed by atoms with Gasteiger partial charge in [0.25, 0.3) is 0 Å². The zero-order valence-corrected chi connectivity index (χ0v) is 11.1. The van der Waals surface area contributed by atoms with Gasteiger partial charge in [-0.05, 0) is 29.8 Å². The van der Waals surface area contributed by atoms with Gasteiger partial charge in [0.2, 0.25) is 0 Å². The first kappa shape index (κ1) is 13.1. The highest BCUT2D eigenvalue weighted by Gasteiger charge is 2.32. The maximum atomic E-state index is 12.5. The van der Waals surface area contributed by atoms with E-state index in [1.807, 2.05) is 30.3 Å². The van der Waals surface area contributed by atoms with Crippen LogP contribution in [0.1, 0.15) is 15.3 Å². The van der Waals surface area contributed by atoms with E-state index in [-0.39, 0.29) is 0 Å². The third-order valence-electron chi connectivity index (χ3n) is 2.97. The lowest BCUT2D eigenvalue weighted by Gasteiger charge is -2.02. The number of hydrogen-bond acceptors (Lipinski definition) is 2. The van der Waals surface area contributed by atoms with Crippen LogP contribution in [0.5, 0.6) is 0 Å². The molecule has 5 heteroatoms. The summed E-state index contributed by atoms with van der Waals surface area (Å²) in [7, 11) is 0. The lowest BCUT2D eigenvalue weighted by atomic mass is 10.1. The molecule has 1 nitrogen and oxygen atoms in total. The molecule has 0 aliphatic carbocycles. The summed E-state index contributed by atoms with van der Waals surface area (Å²) < 4.78 is 37.6. The molecule has 3 rings (SSSR count). The van der Waals surface area contributed by atoms with Crippen LogP contribution < -0.4 is 0 Å². The van der Waals surface area contributed by atoms with Crippen LogP contribution in [0.15, 0.2) is 48.7 Å². The number of para-hydroxylation sites is 1. The summed E-state index contributed by atoms with van der Waals surface area (Å²) in [5.41, 5.74) is 1.80. The Kier molecular flexibility index (Phi) is 3.22. The Hall–Kier alpha value is -1.88. The summed E-state index contributed by atoms with van der Waals surface area (Å²) in [6.45, 7) is 0. The van der Waals surface area contributed by atoms with Gasteiger partial charge in [0.1, 0.15) is 4.88 Å². The predicted molar refractivity (Wildman–Crippen MR) is 73.9 cm³/mol. The van der Waals surface area contributed by atoms with Crippen molar-refractivity contribution in [1.82, 2.24) is 4.98 Å². The van der Waals surface area contributed by atoms with E-state index in [2.05, 4.69) is 4.98 Å². The molecule has 2 heterocycles. The minimum Gasteiger partial charge on any atom is -0.256 e. The van der Waals surface area contributed by atoms with Gasteiger partial charge in [-0.2, -0.15) is 13.2 Å². The monoisotopic (exact) mass is 293 g/mol. The summed E-state index contributed by atoms with van der Waals surface area (Å²) >= 11 is 0.787. The highest BCUT2D eigenvalue weighted by atomic mass is 32.1. The maximum absolute atomic E-state index is 12.5. The van der Waals surface area contributed by atoms with Crippen LogP contribution in [-0.4, -0.2) is 4.98 Å². The fourth-order valence-electron chi connectivity index (χ4n) is 2.04. The molecule has 0 aliphatic rings. The number of benzene rings is 1. The van der Waals surface area contributed by atoms with E-state index in [4.69, 9.17) is 0 Å². The van der Waals surface area contributed by atoms with Gasteiger partial charge in [0.05, 0.1) is 5.52 Å². The lowest BCUT2D eigenvalue weighted by molar-refractivity contribution is -0.134. The molecule has 0 saturated carbocycles. The van der Waals surface area contributed by atoms with E-state index in [0.29, 0.717) is 11.3 Å². The van der Waals surface area contributed by atoms with Crippen LogP contribution in [0, 0.1) is 0 Å². The van der Waals surface area contributed by atoms with Crippen molar-refractivity contribution in [2.45, 2.75) is 12.6 Å². The number of nitrogens with zero attached hydrogens (tertiary/aromatic N) is 1. The average Bonchev–Trinajstić information content (AvgIpc) is 2.87. The normalized spacial score (nSPS) is 11.9. The Morgan fingerprint density at radius 3 is 2.60 bits per heavy atom. The number of hydrogen-bond donors (Lipinski definition) is 0. The molecular weight excluding hydrogens is 283 g/mol. The predicted octanol–water partition coefficient (Wildman–Crippen LogP) is 4.91. The van der Waals surface area contributed by atoms with Crippen LogP contribution in [0.4, 0.5) is 13.2 Å². The molecule has 0 unspecified atom stereocenters. The van der Waals surface area contributed by atoms with Crippen molar-refractivity contribution in [2.75, 3.05) is 0 Å². The second-order valence-electron chi connectivity index (χ2n) is 4.48. The molecule has 20 heavy (non-hydrogen) atoms.